The number of carbonyl (C=O) groups excluding carboxylic acids is 1. The number of hydrogen-bond donors (Lipinski definition) is 1. The molecule has 1 aromatic heterocycles. The van der Waals surface area contributed by atoms with E-state index >= 15 is 0 Å². The molecule has 3 rings (SSSR count). The molecule has 32 heavy (non-hydrogen) atoms. The minimum Gasteiger partial charge on any atom is -0.352 e. The Bertz CT molecular complexity index is 1170. The summed E-state index contributed by atoms with van der Waals surface area (Å²) in [5.74, 6) is 1.22. The van der Waals surface area contributed by atoms with Gasteiger partial charge in [-0.05, 0) is 23.3 Å². The summed E-state index contributed by atoms with van der Waals surface area (Å²) in [5.41, 5.74) is 1.93. The molecule has 0 aliphatic carbocycles. The molecule has 0 spiro atoms. The van der Waals surface area contributed by atoms with Crippen LogP contribution in [0, 0.1) is 0 Å². The molecule has 0 unspecified atom stereocenters. The molecular formula is C23H26N4O3S2. The highest BCUT2D eigenvalue weighted by atomic mass is 32.2. The molecular weight excluding hydrogens is 444 g/mol. The molecule has 0 aliphatic heterocycles. The van der Waals surface area contributed by atoms with Crippen LogP contribution in [0.3, 0.4) is 0 Å². The van der Waals surface area contributed by atoms with Crippen LogP contribution in [-0.4, -0.2) is 35.3 Å². The Labute approximate surface area is 192 Å². The van der Waals surface area contributed by atoms with Crippen LogP contribution in [0.25, 0.3) is 0 Å². The van der Waals surface area contributed by atoms with E-state index in [1.165, 1.54) is 18.0 Å². The Morgan fingerprint density at radius 3 is 2.59 bits per heavy atom. The molecule has 0 saturated carbocycles. The van der Waals surface area contributed by atoms with Gasteiger partial charge in [0.05, 0.1) is 4.90 Å². The van der Waals surface area contributed by atoms with Gasteiger partial charge in [-0.15, -0.1) is 16.8 Å². The largest absolute Gasteiger partial charge is 0.352 e. The second-order valence-corrected chi connectivity index (χ2v) is 10.2. The normalized spacial score (nSPS) is 11.3. The first-order valence-electron chi connectivity index (χ1n) is 10.1. The van der Waals surface area contributed by atoms with Crippen molar-refractivity contribution in [2.45, 2.75) is 41.7 Å². The number of nitrogens with zero attached hydrogens (tertiary/aromatic N) is 3. The van der Waals surface area contributed by atoms with E-state index in [2.05, 4.69) is 22.1 Å². The van der Waals surface area contributed by atoms with Crippen molar-refractivity contribution >= 4 is 27.5 Å². The van der Waals surface area contributed by atoms with Gasteiger partial charge in [-0.1, -0.05) is 60.3 Å². The molecule has 0 atom stereocenters. The van der Waals surface area contributed by atoms with Gasteiger partial charge >= 0.3 is 0 Å². The van der Waals surface area contributed by atoms with E-state index in [4.69, 9.17) is 0 Å². The number of hydrogen-bond acceptors (Lipinski definition) is 6. The number of benzene rings is 2. The van der Waals surface area contributed by atoms with Crippen molar-refractivity contribution in [3.8, 4) is 0 Å². The van der Waals surface area contributed by atoms with Crippen molar-refractivity contribution in [2.75, 3.05) is 6.26 Å². The third kappa shape index (κ3) is 6.80. The highest BCUT2D eigenvalue weighted by Gasteiger charge is 2.14. The summed E-state index contributed by atoms with van der Waals surface area (Å²) in [5, 5.41) is 12.2. The van der Waals surface area contributed by atoms with Gasteiger partial charge in [0.15, 0.2) is 15.0 Å². The third-order valence-corrected chi connectivity index (χ3v) is 6.86. The number of allylic oxidation sites excluding steroid dienone is 1. The zero-order valence-electron chi connectivity index (χ0n) is 17.9. The van der Waals surface area contributed by atoms with Crippen LogP contribution in [0.4, 0.5) is 0 Å². The maximum absolute atomic E-state index is 12.2. The van der Waals surface area contributed by atoms with Crippen LogP contribution in [0.5, 0.6) is 0 Å². The maximum Gasteiger partial charge on any atom is 0.220 e. The van der Waals surface area contributed by atoms with E-state index in [1.54, 1.807) is 24.3 Å². The van der Waals surface area contributed by atoms with Gasteiger partial charge in [-0.25, -0.2) is 8.42 Å². The predicted molar refractivity (Wildman–Crippen MR) is 126 cm³/mol. The van der Waals surface area contributed by atoms with Gasteiger partial charge in [0.2, 0.25) is 5.91 Å². The molecule has 3 aromatic rings. The van der Waals surface area contributed by atoms with Crippen molar-refractivity contribution in [2.24, 2.45) is 0 Å². The summed E-state index contributed by atoms with van der Waals surface area (Å²) in [7, 11) is -3.25. The molecule has 9 heteroatoms. The van der Waals surface area contributed by atoms with Crippen molar-refractivity contribution < 1.29 is 13.2 Å². The highest BCUT2D eigenvalue weighted by molar-refractivity contribution is 7.98. The van der Waals surface area contributed by atoms with Crippen LogP contribution in [-0.2, 0) is 39.9 Å². The standard InChI is InChI=1S/C23H26N4O3S2/c1-3-14-27-21(12-13-22(28)24-16-18-8-5-4-6-9-18)25-26-23(27)31-17-19-10-7-11-20(15-19)32(2,29)30/h3-11,15H,1,12-14,16-17H2,2H3,(H,24,28). The third-order valence-electron chi connectivity index (χ3n) is 4.71. The van der Waals surface area contributed by atoms with Crippen LogP contribution >= 0.6 is 11.8 Å². The highest BCUT2D eigenvalue weighted by Crippen LogP contribution is 2.24. The van der Waals surface area contributed by atoms with Crippen LogP contribution in [0.2, 0.25) is 0 Å². The Hall–Kier alpha value is -2.91. The topological polar surface area (TPSA) is 93.9 Å². The minimum atomic E-state index is -3.25. The molecule has 0 bridgehead atoms. The summed E-state index contributed by atoms with van der Waals surface area (Å²) >= 11 is 1.47. The number of carbonyl (C=O) groups is 1. The predicted octanol–water partition coefficient (Wildman–Crippen LogP) is 3.41. The van der Waals surface area contributed by atoms with Gasteiger partial charge in [-0.2, -0.15) is 0 Å². The summed E-state index contributed by atoms with van der Waals surface area (Å²) < 4.78 is 25.5. The molecule has 0 aliphatic rings. The molecule has 0 fully saturated rings. The second kappa shape index (κ2) is 11.1. The number of rotatable bonds is 11. The number of aryl methyl sites for hydroxylation is 1. The zero-order chi connectivity index (χ0) is 23.0. The fraction of sp³-hybridized carbons (Fsp3) is 0.261. The number of sulfone groups is 1. The number of aromatic nitrogens is 3. The fourth-order valence-electron chi connectivity index (χ4n) is 3.05. The average Bonchev–Trinajstić information content (AvgIpc) is 3.17. The second-order valence-electron chi connectivity index (χ2n) is 7.27. The van der Waals surface area contributed by atoms with Gasteiger partial charge < -0.3 is 9.88 Å². The first kappa shape index (κ1) is 23.7. The summed E-state index contributed by atoms with van der Waals surface area (Å²) in [6.45, 7) is 4.82. The Morgan fingerprint density at radius 2 is 1.88 bits per heavy atom. The van der Waals surface area contributed by atoms with Crippen molar-refractivity contribution in [1.82, 2.24) is 20.1 Å². The van der Waals surface area contributed by atoms with Gasteiger partial charge in [0, 0.05) is 37.9 Å². The lowest BCUT2D eigenvalue weighted by Gasteiger charge is -2.09. The first-order valence-corrected chi connectivity index (χ1v) is 13.0. The van der Waals surface area contributed by atoms with Crippen molar-refractivity contribution in [1.29, 1.82) is 0 Å². The smallest absolute Gasteiger partial charge is 0.220 e. The van der Waals surface area contributed by atoms with E-state index in [1.807, 2.05) is 41.0 Å². The van der Waals surface area contributed by atoms with Crippen molar-refractivity contribution in [3.63, 3.8) is 0 Å². The molecule has 0 saturated heterocycles. The Kier molecular flexibility index (Phi) is 8.24. The first-order chi connectivity index (χ1) is 15.4. The summed E-state index contributed by atoms with van der Waals surface area (Å²) in [4.78, 5) is 12.5. The lowest BCUT2D eigenvalue weighted by atomic mass is 10.2. The van der Waals surface area contributed by atoms with Gasteiger partial charge in [0.25, 0.3) is 0 Å². The van der Waals surface area contributed by atoms with Crippen molar-refractivity contribution in [3.05, 3.63) is 84.2 Å². The quantitative estimate of drug-likeness (QED) is 0.341. The molecule has 7 nitrogen and oxygen atoms in total. The number of nitrogens with one attached hydrogen (secondary N) is 1. The molecule has 1 N–H and O–H groups in total. The van der Waals surface area contributed by atoms with Gasteiger partial charge in [-0.3, -0.25) is 4.79 Å². The van der Waals surface area contributed by atoms with E-state index < -0.39 is 9.84 Å². The molecule has 0 radical (unpaired) electrons. The van der Waals surface area contributed by atoms with Crippen LogP contribution in [0.1, 0.15) is 23.4 Å². The van der Waals surface area contributed by atoms with Crippen LogP contribution < -0.4 is 5.32 Å². The molecule has 168 valence electrons. The molecule has 1 amide bonds. The molecule has 1 heterocycles. The van der Waals surface area contributed by atoms with E-state index in [0.717, 1.165) is 11.1 Å². The summed E-state index contributed by atoms with van der Waals surface area (Å²) in [6.07, 6.45) is 3.73. The van der Waals surface area contributed by atoms with Gasteiger partial charge in [0.1, 0.15) is 5.82 Å². The van der Waals surface area contributed by atoms with E-state index in [-0.39, 0.29) is 5.91 Å². The maximum atomic E-state index is 12.2. The monoisotopic (exact) mass is 470 g/mol. The SMILES string of the molecule is C=CCn1c(CCC(=O)NCc2ccccc2)nnc1SCc1cccc(S(C)(=O)=O)c1. The minimum absolute atomic E-state index is 0.0474. The zero-order valence-corrected chi connectivity index (χ0v) is 19.5. The van der Waals surface area contributed by atoms with E-state index in [9.17, 15) is 13.2 Å². The number of amides is 1. The number of thioether (sulfide) groups is 1. The molecule has 2 aromatic carbocycles. The lowest BCUT2D eigenvalue weighted by molar-refractivity contribution is -0.121. The Morgan fingerprint density at radius 1 is 1.12 bits per heavy atom. The Balaban J connectivity index is 1.60. The average molecular weight is 471 g/mol. The fourth-order valence-corrected chi connectivity index (χ4v) is 4.65. The van der Waals surface area contributed by atoms with Crippen LogP contribution in [0.15, 0.2) is 77.3 Å². The summed E-state index contributed by atoms with van der Waals surface area (Å²) in [6, 6.07) is 16.6. The lowest BCUT2D eigenvalue weighted by Crippen LogP contribution is -2.23. The van der Waals surface area contributed by atoms with E-state index in [0.29, 0.717) is 47.6 Å².